The summed E-state index contributed by atoms with van der Waals surface area (Å²) in [7, 11) is 1.25. The van der Waals surface area contributed by atoms with E-state index < -0.39 is 16.8 Å². The van der Waals surface area contributed by atoms with Crippen LogP contribution in [0.25, 0.3) is 0 Å². The first-order chi connectivity index (χ1) is 9.27. The van der Waals surface area contributed by atoms with Crippen LogP contribution in [0.15, 0.2) is 18.5 Å². The van der Waals surface area contributed by atoms with Crippen molar-refractivity contribution in [1.82, 2.24) is 19.7 Å². The third-order valence-electron chi connectivity index (χ3n) is 2.15. The number of nitro groups is 1. The molecule has 0 N–H and O–H groups in total. The average molecular weight is 289 g/mol. The Kier molecular flexibility index (Phi) is 3.26. The largest absolute Gasteiger partial charge is 0.435 e. The van der Waals surface area contributed by atoms with E-state index in [-0.39, 0.29) is 17.6 Å². The summed E-state index contributed by atoms with van der Waals surface area (Å²) in [4.78, 5) is 16.7. The summed E-state index contributed by atoms with van der Waals surface area (Å²) in [5.74, 6) is -0.244. The number of ether oxygens (including phenoxy) is 1. The van der Waals surface area contributed by atoms with Gasteiger partial charge in [0.25, 0.3) is 0 Å². The van der Waals surface area contributed by atoms with E-state index in [1.54, 1.807) is 0 Å². The van der Waals surface area contributed by atoms with Crippen LogP contribution >= 0.6 is 0 Å². The van der Waals surface area contributed by atoms with Crippen LogP contribution in [-0.2, 0) is 13.2 Å². The van der Waals surface area contributed by atoms with E-state index >= 15 is 0 Å². The first kappa shape index (κ1) is 13.7. The molecule has 0 aromatic carbocycles. The molecule has 0 aliphatic carbocycles. The fourth-order valence-electron chi connectivity index (χ4n) is 1.23. The zero-order valence-corrected chi connectivity index (χ0v) is 9.83. The van der Waals surface area contributed by atoms with Crippen molar-refractivity contribution < 1.29 is 22.8 Å². The average Bonchev–Trinajstić information content (AvgIpc) is 2.71. The van der Waals surface area contributed by atoms with E-state index in [2.05, 4.69) is 15.1 Å². The number of nitrogens with zero attached hydrogens (tertiary/aromatic N) is 5. The minimum atomic E-state index is -4.60. The third-order valence-corrected chi connectivity index (χ3v) is 2.15. The van der Waals surface area contributed by atoms with Gasteiger partial charge in [-0.25, -0.2) is 4.68 Å². The molecule has 2 heterocycles. The molecule has 0 aliphatic rings. The molecule has 106 valence electrons. The van der Waals surface area contributed by atoms with Crippen molar-refractivity contribution in [2.75, 3.05) is 0 Å². The molecule has 2 aromatic rings. The van der Waals surface area contributed by atoms with Gasteiger partial charge in [-0.1, -0.05) is 0 Å². The summed E-state index contributed by atoms with van der Waals surface area (Å²) in [6, 6.07) is 0.345. The Morgan fingerprint density at radius 3 is 2.40 bits per heavy atom. The van der Waals surface area contributed by atoms with Gasteiger partial charge in [0, 0.05) is 13.1 Å². The summed E-state index contributed by atoms with van der Waals surface area (Å²) >= 11 is 0. The normalized spacial score (nSPS) is 11.4. The summed E-state index contributed by atoms with van der Waals surface area (Å²) in [6.45, 7) is 0. The maximum absolute atomic E-state index is 12.4. The van der Waals surface area contributed by atoms with Crippen molar-refractivity contribution in [3.8, 4) is 11.9 Å². The highest BCUT2D eigenvalue weighted by atomic mass is 19.4. The number of hydrogen-bond acceptors (Lipinski definition) is 6. The second-order valence-corrected chi connectivity index (χ2v) is 3.57. The molecule has 11 heteroatoms. The van der Waals surface area contributed by atoms with Crippen LogP contribution in [0.4, 0.5) is 18.9 Å². The van der Waals surface area contributed by atoms with Gasteiger partial charge in [-0.2, -0.15) is 28.2 Å². The predicted molar refractivity (Wildman–Crippen MR) is 57.0 cm³/mol. The highest BCUT2D eigenvalue weighted by Gasteiger charge is 2.35. The lowest BCUT2D eigenvalue weighted by Gasteiger charge is -2.01. The molecular formula is C9H6F3N5O3. The molecule has 0 bridgehead atoms. The quantitative estimate of drug-likeness (QED) is 0.632. The SMILES string of the molecule is Cn1nc(C(F)(F)F)cc1Oc1ncc([N+](=O)[O-])cn1. The van der Waals surface area contributed by atoms with Crippen LogP contribution in [0.5, 0.6) is 11.9 Å². The van der Waals surface area contributed by atoms with E-state index in [1.165, 1.54) is 7.05 Å². The van der Waals surface area contributed by atoms with Crippen LogP contribution in [-0.4, -0.2) is 24.7 Å². The van der Waals surface area contributed by atoms with Crippen molar-refractivity contribution in [1.29, 1.82) is 0 Å². The van der Waals surface area contributed by atoms with Crippen LogP contribution < -0.4 is 4.74 Å². The Balaban J connectivity index is 2.22. The molecule has 0 saturated heterocycles. The molecule has 20 heavy (non-hydrogen) atoms. The van der Waals surface area contributed by atoms with Gasteiger partial charge in [0.1, 0.15) is 12.4 Å². The second-order valence-electron chi connectivity index (χ2n) is 3.57. The minimum Gasteiger partial charge on any atom is -0.405 e. The van der Waals surface area contributed by atoms with Gasteiger partial charge >= 0.3 is 17.9 Å². The molecule has 0 radical (unpaired) electrons. The Bertz CT molecular complexity index is 637. The lowest BCUT2D eigenvalue weighted by atomic mass is 10.4. The lowest BCUT2D eigenvalue weighted by Crippen LogP contribution is -2.06. The summed E-state index contributed by atoms with van der Waals surface area (Å²) in [6.07, 6.45) is -2.84. The van der Waals surface area contributed by atoms with Crippen LogP contribution in [0.2, 0.25) is 0 Å². The molecule has 2 aromatic heterocycles. The van der Waals surface area contributed by atoms with Crippen molar-refractivity contribution in [3.63, 3.8) is 0 Å². The number of rotatable bonds is 3. The Labute approximate surface area is 109 Å². The molecule has 0 unspecified atom stereocenters. The monoisotopic (exact) mass is 289 g/mol. The smallest absolute Gasteiger partial charge is 0.405 e. The van der Waals surface area contributed by atoms with Gasteiger partial charge in [0.2, 0.25) is 5.88 Å². The number of alkyl halides is 3. The number of halogens is 3. The second kappa shape index (κ2) is 4.75. The Morgan fingerprint density at radius 1 is 1.35 bits per heavy atom. The maximum Gasteiger partial charge on any atom is 0.435 e. The molecule has 0 atom stereocenters. The van der Waals surface area contributed by atoms with Crippen molar-refractivity contribution in [2.45, 2.75) is 6.18 Å². The van der Waals surface area contributed by atoms with Gasteiger partial charge in [-0.15, -0.1) is 0 Å². The van der Waals surface area contributed by atoms with Crippen molar-refractivity contribution in [3.05, 3.63) is 34.3 Å². The van der Waals surface area contributed by atoms with Crippen LogP contribution in [0.3, 0.4) is 0 Å². The third kappa shape index (κ3) is 2.81. The number of aromatic nitrogens is 4. The van der Waals surface area contributed by atoms with E-state index in [4.69, 9.17) is 4.74 Å². The van der Waals surface area contributed by atoms with Crippen molar-refractivity contribution in [2.24, 2.45) is 7.05 Å². The highest BCUT2D eigenvalue weighted by Crippen LogP contribution is 2.31. The summed E-state index contributed by atoms with van der Waals surface area (Å²) in [5.41, 5.74) is -1.49. The molecule has 2 rings (SSSR count). The topological polar surface area (TPSA) is 96.0 Å². The molecule has 0 fully saturated rings. The van der Waals surface area contributed by atoms with E-state index in [0.717, 1.165) is 17.1 Å². The number of aryl methyl sites for hydroxylation is 1. The summed E-state index contributed by atoms with van der Waals surface area (Å²) in [5, 5.41) is 13.6. The van der Waals surface area contributed by atoms with E-state index in [9.17, 15) is 23.3 Å². The first-order valence-corrected chi connectivity index (χ1v) is 5.03. The number of hydrogen-bond donors (Lipinski definition) is 0. The summed E-state index contributed by atoms with van der Waals surface area (Å²) < 4.78 is 43.1. The van der Waals surface area contributed by atoms with Crippen LogP contribution in [0, 0.1) is 10.1 Å². The molecular weight excluding hydrogens is 283 g/mol. The van der Waals surface area contributed by atoms with Crippen molar-refractivity contribution >= 4 is 5.69 Å². The molecule has 0 aliphatic heterocycles. The highest BCUT2D eigenvalue weighted by molar-refractivity contribution is 5.25. The molecule has 0 amide bonds. The zero-order valence-electron chi connectivity index (χ0n) is 9.83. The van der Waals surface area contributed by atoms with E-state index in [0.29, 0.717) is 6.07 Å². The van der Waals surface area contributed by atoms with Gasteiger partial charge in [-0.05, 0) is 0 Å². The van der Waals surface area contributed by atoms with Gasteiger partial charge in [0.15, 0.2) is 5.69 Å². The first-order valence-electron chi connectivity index (χ1n) is 5.03. The van der Waals surface area contributed by atoms with Gasteiger partial charge in [0.05, 0.1) is 4.92 Å². The predicted octanol–water partition coefficient (Wildman–Crippen LogP) is 1.93. The molecule has 0 saturated carbocycles. The molecule has 0 spiro atoms. The van der Waals surface area contributed by atoms with Crippen LogP contribution in [0.1, 0.15) is 5.69 Å². The maximum atomic E-state index is 12.4. The zero-order chi connectivity index (χ0) is 14.9. The standard InChI is InChI=1S/C9H6F3N5O3/c1-16-7(2-6(15-16)9(10,11)12)20-8-13-3-5(4-14-8)17(18)19/h2-4H,1H3. The fourth-order valence-corrected chi connectivity index (χ4v) is 1.23. The fraction of sp³-hybridized carbons (Fsp3) is 0.222. The van der Waals surface area contributed by atoms with E-state index in [1.807, 2.05) is 0 Å². The minimum absolute atomic E-state index is 0.244. The molecule has 8 nitrogen and oxygen atoms in total. The Morgan fingerprint density at radius 2 is 1.95 bits per heavy atom. The Hall–Kier alpha value is -2.72. The van der Waals surface area contributed by atoms with Gasteiger partial charge < -0.3 is 4.74 Å². The van der Waals surface area contributed by atoms with Gasteiger partial charge in [-0.3, -0.25) is 10.1 Å². The lowest BCUT2D eigenvalue weighted by molar-refractivity contribution is -0.385.